The Morgan fingerprint density at radius 1 is 1.21 bits per heavy atom. The smallest absolute Gasteiger partial charge is 0.191 e. The summed E-state index contributed by atoms with van der Waals surface area (Å²) in [5.74, 6) is 2.33. The summed E-state index contributed by atoms with van der Waals surface area (Å²) < 4.78 is 11.8. The van der Waals surface area contributed by atoms with Crippen molar-refractivity contribution in [2.24, 2.45) is 10.9 Å². The van der Waals surface area contributed by atoms with Gasteiger partial charge in [-0.15, -0.1) is 24.0 Å². The van der Waals surface area contributed by atoms with Gasteiger partial charge in [-0.25, -0.2) is 0 Å². The molecule has 2 saturated heterocycles. The molecular weight excluding hydrogens is 529 g/mol. The molecule has 7 nitrogen and oxygen atoms in total. The average Bonchev–Trinajstić information content (AvgIpc) is 3.33. The molecule has 3 rings (SSSR count). The van der Waals surface area contributed by atoms with Gasteiger partial charge in [0, 0.05) is 65.0 Å². The van der Waals surface area contributed by atoms with Crippen LogP contribution in [0.5, 0.6) is 5.75 Å². The minimum atomic E-state index is 0. The Kier molecular flexibility index (Phi) is 12.8. The predicted molar refractivity (Wildman–Crippen MR) is 147 cm³/mol. The second-order valence-corrected chi connectivity index (χ2v) is 9.20. The van der Waals surface area contributed by atoms with Crippen molar-refractivity contribution in [2.45, 2.75) is 46.3 Å². The Labute approximate surface area is 217 Å². The van der Waals surface area contributed by atoms with E-state index in [1.165, 1.54) is 31.7 Å². The highest BCUT2D eigenvalue weighted by Gasteiger charge is 2.18. The Morgan fingerprint density at radius 3 is 2.64 bits per heavy atom. The molecule has 2 unspecified atom stereocenters. The molecule has 0 aliphatic carbocycles. The molecule has 0 bridgehead atoms. The SMILES string of the molecule is CCN1CCN(CC(C)CNC(=NC)NCc2ccc(C)cc2OCC2CCCO2)CC1.I. The minimum absolute atomic E-state index is 0. The van der Waals surface area contributed by atoms with E-state index in [4.69, 9.17) is 9.47 Å². The van der Waals surface area contributed by atoms with Crippen LogP contribution >= 0.6 is 24.0 Å². The fraction of sp³-hybridized carbons (Fsp3) is 0.720. The fourth-order valence-electron chi connectivity index (χ4n) is 4.36. The molecule has 33 heavy (non-hydrogen) atoms. The zero-order valence-corrected chi connectivity index (χ0v) is 23.3. The first kappa shape index (κ1) is 28.1. The van der Waals surface area contributed by atoms with Crippen LogP contribution in [-0.2, 0) is 11.3 Å². The van der Waals surface area contributed by atoms with Gasteiger partial charge in [-0.1, -0.05) is 26.0 Å². The summed E-state index contributed by atoms with van der Waals surface area (Å²) in [7, 11) is 1.83. The lowest BCUT2D eigenvalue weighted by atomic mass is 10.1. The van der Waals surface area contributed by atoms with E-state index in [2.05, 4.69) is 64.4 Å². The van der Waals surface area contributed by atoms with Crippen LogP contribution in [0.4, 0.5) is 0 Å². The van der Waals surface area contributed by atoms with Crippen LogP contribution in [0.2, 0.25) is 0 Å². The highest BCUT2D eigenvalue weighted by molar-refractivity contribution is 14.0. The number of ether oxygens (including phenoxy) is 2. The molecular formula is C25H44IN5O2. The largest absolute Gasteiger partial charge is 0.491 e. The zero-order chi connectivity index (χ0) is 22.8. The lowest BCUT2D eigenvalue weighted by Gasteiger charge is -2.35. The molecule has 2 aliphatic heterocycles. The zero-order valence-electron chi connectivity index (χ0n) is 20.9. The average molecular weight is 574 g/mol. The summed E-state index contributed by atoms with van der Waals surface area (Å²) in [5.41, 5.74) is 2.34. The second-order valence-electron chi connectivity index (χ2n) is 9.20. The fourth-order valence-corrected chi connectivity index (χ4v) is 4.36. The van der Waals surface area contributed by atoms with Crippen molar-refractivity contribution in [2.75, 3.05) is 66.1 Å². The predicted octanol–water partition coefficient (Wildman–Crippen LogP) is 3.11. The minimum Gasteiger partial charge on any atom is -0.491 e. The van der Waals surface area contributed by atoms with Gasteiger partial charge < -0.3 is 29.9 Å². The second kappa shape index (κ2) is 15.0. The van der Waals surface area contributed by atoms with Crippen LogP contribution < -0.4 is 15.4 Å². The van der Waals surface area contributed by atoms with E-state index in [-0.39, 0.29) is 30.1 Å². The summed E-state index contributed by atoms with van der Waals surface area (Å²) in [4.78, 5) is 9.52. The maximum absolute atomic E-state index is 6.13. The van der Waals surface area contributed by atoms with Crippen molar-refractivity contribution in [1.82, 2.24) is 20.4 Å². The molecule has 0 aromatic heterocycles. The highest BCUT2D eigenvalue weighted by Crippen LogP contribution is 2.22. The monoisotopic (exact) mass is 573 g/mol. The first-order valence-corrected chi connectivity index (χ1v) is 12.3. The van der Waals surface area contributed by atoms with E-state index in [1.54, 1.807) is 0 Å². The molecule has 0 amide bonds. The number of halogens is 1. The van der Waals surface area contributed by atoms with Gasteiger partial charge in [0.2, 0.25) is 0 Å². The van der Waals surface area contributed by atoms with E-state index in [9.17, 15) is 0 Å². The quantitative estimate of drug-likeness (QED) is 0.255. The van der Waals surface area contributed by atoms with Crippen molar-refractivity contribution < 1.29 is 9.47 Å². The van der Waals surface area contributed by atoms with Gasteiger partial charge in [0.1, 0.15) is 12.4 Å². The molecule has 2 aliphatic rings. The Morgan fingerprint density at radius 2 is 1.97 bits per heavy atom. The van der Waals surface area contributed by atoms with E-state index in [0.29, 0.717) is 19.1 Å². The van der Waals surface area contributed by atoms with Crippen LogP contribution in [0.1, 0.15) is 37.8 Å². The van der Waals surface area contributed by atoms with E-state index >= 15 is 0 Å². The van der Waals surface area contributed by atoms with E-state index < -0.39 is 0 Å². The summed E-state index contributed by atoms with van der Waals surface area (Å²) in [6, 6.07) is 6.38. The number of aryl methyl sites for hydroxylation is 1. The molecule has 188 valence electrons. The van der Waals surface area contributed by atoms with Gasteiger partial charge in [-0.2, -0.15) is 0 Å². The summed E-state index contributed by atoms with van der Waals surface area (Å²) in [6.07, 6.45) is 2.44. The number of piperazine rings is 1. The van der Waals surface area contributed by atoms with Crippen LogP contribution in [0.3, 0.4) is 0 Å². The Hall–Kier alpha value is -1.10. The molecule has 1 aromatic carbocycles. The number of guanidine groups is 1. The number of nitrogens with one attached hydrogen (secondary N) is 2. The number of hydrogen-bond acceptors (Lipinski definition) is 5. The van der Waals surface area contributed by atoms with Crippen molar-refractivity contribution in [3.8, 4) is 5.75 Å². The van der Waals surface area contributed by atoms with Crippen LogP contribution in [0.15, 0.2) is 23.2 Å². The number of hydrogen-bond donors (Lipinski definition) is 2. The van der Waals surface area contributed by atoms with Crippen molar-refractivity contribution in [1.29, 1.82) is 0 Å². The lowest BCUT2D eigenvalue weighted by Crippen LogP contribution is -2.48. The van der Waals surface area contributed by atoms with Gasteiger partial charge in [-0.05, 0) is 43.9 Å². The Bertz CT molecular complexity index is 719. The first-order valence-electron chi connectivity index (χ1n) is 12.3. The van der Waals surface area contributed by atoms with Crippen LogP contribution in [0.25, 0.3) is 0 Å². The van der Waals surface area contributed by atoms with Crippen molar-refractivity contribution in [3.63, 3.8) is 0 Å². The molecule has 2 fully saturated rings. The third-order valence-electron chi connectivity index (χ3n) is 6.44. The standard InChI is InChI=1S/C25H43N5O2.HI/c1-5-29-10-12-30(13-11-29)18-21(3)16-27-25(26-4)28-17-22-9-8-20(2)15-24(22)32-19-23-7-6-14-31-23;/h8-9,15,21,23H,5-7,10-14,16-19H2,1-4H3,(H2,26,27,28);1H. The van der Waals surface area contributed by atoms with Gasteiger partial charge >= 0.3 is 0 Å². The highest BCUT2D eigenvalue weighted by atomic mass is 127. The number of rotatable bonds is 10. The van der Waals surface area contributed by atoms with Crippen molar-refractivity contribution >= 4 is 29.9 Å². The van der Waals surface area contributed by atoms with E-state index in [1.807, 2.05) is 7.05 Å². The maximum Gasteiger partial charge on any atom is 0.191 e. The summed E-state index contributed by atoms with van der Waals surface area (Å²) in [6.45, 7) is 16.7. The normalized spacial score (nSPS) is 20.8. The van der Waals surface area contributed by atoms with Gasteiger partial charge in [0.15, 0.2) is 5.96 Å². The molecule has 0 saturated carbocycles. The number of likely N-dealkylation sites (N-methyl/N-ethyl adjacent to an activating group) is 1. The molecule has 2 N–H and O–H groups in total. The number of benzene rings is 1. The van der Waals surface area contributed by atoms with Gasteiger partial charge in [-0.3, -0.25) is 4.99 Å². The maximum atomic E-state index is 6.13. The third-order valence-corrected chi connectivity index (χ3v) is 6.44. The van der Waals surface area contributed by atoms with Gasteiger partial charge in [0.05, 0.1) is 6.10 Å². The lowest BCUT2D eigenvalue weighted by molar-refractivity contribution is 0.0676. The molecule has 0 spiro atoms. The Balaban J connectivity index is 0.00000385. The summed E-state index contributed by atoms with van der Waals surface area (Å²) >= 11 is 0. The molecule has 1 aromatic rings. The first-order chi connectivity index (χ1) is 15.6. The molecule has 2 heterocycles. The summed E-state index contributed by atoms with van der Waals surface area (Å²) in [5, 5.41) is 6.95. The third kappa shape index (κ3) is 9.58. The van der Waals surface area contributed by atoms with Gasteiger partial charge in [0.25, 0.3) is 0 Å². The topological polar surface area (TPSA) is 61.4 Å². The number of aliphatic imine (C=N–C) groups is 1. The van der Waals surface area contributed by atoms with E-state index in [0.717, 1.165) is 56.4 Å². The van der Waals surface area contributed by atoms with Crippen LogP contribution in [-0.4, -0.2) is 87.9 Å². The van der Waals surface area contributed by atoms with Crippen molar-refractivity contribution in [3.05, 3.63) is 29.3 Å². The molecule has 2 atom stereocenters. The number of nitrogens with zero attached hydrogens (tertiary/aromatic N) is 3. The molecule has 8 heteroatoms. The molecule has 0 radical (unpaired) electrons. The van der Waals surface area contributed by atoms with Crippen LogP contribution in [0, 0.1) is 12.8 Å².